The van der Waals surface area contributed by atoms with E-state index in [-0.39, 0.29) is 0 Å². The molecule has 1 unspecified atom stereocenters. The van der Waals surface area contributed by atoms with Gasteiger partial charge < -0.3 is 19.7 Å². The average Bonchev–Trinajstić information content (AvgIpc) is 3.38. The lowest BCUT2D eigenvalue weighted by Crippen LogP contribution is -2.41. The Hall–Kier alpha value is -2.53. The molecule has 0 aromatic heterocycles. The molecule has 2 fully saturated rings. The van der Waals surface area contributed by atoms with Crippen molar-refractivity contribution in [3.63, 3.8) is 0 Å². The number of ether oxygens (including phenoxy) is 2. The number of benzene rings is 2. The molecule has 1 N–H and O–H groups in total. The normalized spacial score (nSPS) is 22.0. The summed E-state index contributed by atoms with van der Waals surface area (Å²) < 4.78 is 11.5. The van der Waals surface area contributed by atoms with Crippen molar-refractivity contribution in [2.75, 3.05) is 33.4 Å². The minimum Gasteiger partial charge on any atom is -0.489 e. The fraction of sp³-hybridized carbons (Fsp3) is 0.435. The molecule has 5 nitrogen and oxygen atoms in total. The first-order chi connectivity index (χ1) is 13.8. The van der Waals surface area contributed by atoms with Crippen molar-refractivity contribution in [3.05, 3.63) is 65.7 Å². The van der Waals surface area contributed by atoms with Crippen LogP contribution < -0.4 is 10.1 Å². The van der Waals surface area contributed by atoms with Gasteiger partial charge in [0, 0.05) is 38.7 Å². The zero-order valence-corrected chi connectivity index (χ0v) is 16.6. The average molecular weight is 380 g/mol. The van der Waals surface area contributed by atoms with Gasteiger partial charge in [0.25, 0.3) is 0 Å². The molecule has 2 aromatic carbocycles. The lowest BCUT2D eigenvalue weighted by Gasteiger charge is -2.25. The van der Waals surface area contributed by atoms with E-state index in [1.165, 1.54) is 24.0 Å². The monoisotopic (exact) mass is 379 g/mol. The number of hydrogen-bond acceptors (Lipinski definition) is 3. The Morgan fingerprint density at radius 1 is 1.14 bits per heavy atom. The van der Waals surface area contributed by atoms with E-state index in [1.54, 1.807) is 0 Å². The van der Waals surface area contributed by atoms with Crippen LogP contribution in [0.1, 0.15) is 24.0 Å². The molecule has 148 valence electrons. The summed E-state index contributed by atoms with van der Waals surface area (Å²) >= 11 is 0. The van der Waals surface area contributed by atoms with Crippen molar-refractivity contribution in [1.29, 1.82) is 0 Å². The molecule has 1 atom stereocenters. The van der Waals surface area contributed by atoms with Crippen LogP contribution in [0.4, 0.5) is 0 Å². The van der Waals surface area contributed by atoms with Crippen molar-refractivity contribution < 1.29 is 9.47 Å². The third kappa shape index (κ3) is 4.47. The molecule has 4 rings (SSSR count). The van der Waals surface area contributed by atoms with Gasteiger partial charge in [0.2, 0.25) is 0 Å². The predicted octanol–water partition coefficient (Wildman–Crippen LogP) is 3.45. The van der Waals surface area contributed by atoms with Gasteiger partial charge in [-0.1, -0.05) is 42.5 Å². The second-order valence-electron chi connectivity index (χ2n) is 7.80. The SMILES string of the molecule is CN=C(NCc1cccc(COc2ccccc2)c1)N1CCC2(CCOC2)C1. The molecule has 0 bridgehead atoms. The van der Waals surface area contributed by atoms with Crippen molar-refractivity contribution in [3.8, 4) is 5.75 Å². The highest BCUT2D eigenvalue weighted by molar-refractivity contribution is 5.80. The highest BCUT2D eigenvalue weighted by Gasteiger charge is 2.42. The maximum Gasteiger partial charge on any atom is 0.193 e. The first-order valence-corrected chi connectivity index (χ1v) is 10.1. The Balaban J connectivity index is 1.31. The van der Waals surface area contributed by atoms with Crippen LogP contribution in [0, 0.1) is 5.41 Å². The number of nitrogens with one attached hydrogen (secondary N) is 1. The van der Waals surface area contributed by atoms with Gasteiger partial charge in [0.15, 0.2) is 5.96 Å². The fourth-order valence-electron chi connectivity index (χ4n) is 4.11. The van der Waals surface area contributed by atoms with Gasteiger partial charge >= 0.3 is 0 Å². The van der Waals surface area contributed by atoms with Crippen LogP contribution in [0.3, 0.4) is 0 Å². The smallest absolute Gasteiger partial charge is 0.193 e. The van der Waals surface area contributed by atoms with E-state index in [9.17, 15) is 0 Å². The van der Waals surface area contributed by atoms with Crippen molar-refractivity contribution >= 4 is 5.96 Å². The fourth-order valence-corrected chi connectivity index (χ4v) is 4.11. The molecule has 2 saturated heterocycles. The Bertz CT molecular complexity index is 801. The molecule has 28 heavy (non-hydrogen) atoms. The van der Waals surface area contributed by atoms with Crippen LogP contribution in [-0.2, 0) is 17.9 Å². The Labute approximate surface area is 167 Å². The van der Waals surface area contributed by atoms with Gasteiger partial charge in [-0.15, -0.1) is 0 Å². The highest BCUT2D eigenvalue weighted by atomic mass is 16.5. The van der Waals surface area contributed by atoms with Gasteiger partial charge in [-0.3, -0.25) is 4.99 Å². The molecule has 1 spiro atoms. The number of rotatable bonds is 5. The summed E-state index contributed by atoms with van der Waals surface area (Å²) in [4.78, 5) is 6.88. The van der Waals surface area contributed by atoms with Gasteiger partial charge in [0.05, 0.1) is 6.61 Å². The largest absolute Gasteiger partial charge is 0.489 e. The molecule has 2 heterocycles. The van der Waals surface area contributed by atoms with E-state index < -0.39 is 0 Å². The first-order valence-electron chi connectivity index (χ1n) is 10.1. The number of aliphatic imine (C=N–C) groups is 1. The third-order valence-corrected chi connectivity index (χ3v) is 5.73. The van der Waals surface area contributed by atoms with Crippen LogP contribution in [0.15, 0.2) is 59.6 Å². The van der Waals surface area contributed by atoms with Crippen LogP contribution in [-0.4, -0.2) is 44.2 Å². The zero-order valence-electron chi connectivity index (χ0n) is 16.6. The minimum absolute atomic E-state index is 0.340. The molecular weight excluding hydrogens is 350 g/mol. The van der Waals surface area contributed by atoms with Crippen LogP contribution in [0.25, 0.3) is 0 Å². The van der Waals surface area contributed by atoms with E-state index in [0.29, 0.717) is 12.0 Å². The van der Waals surface area contributed by atoms with Gasteiger partial charge in [-0.05, 0) is 36.1 Å². The molecule has 0 radical (unpaired) electrons. The van der Waals surface area contributed by atoms with Crippen molar-refractivity contribution in [2.24, 2.45) is 10.4 Å². The summed E-state index contributed by atoms with van der Waals surface area (Å²) in [5, 5.41) is 3.53. The summed E-state index contributed by atoms with van der Waals surface area (Å²) in [6.07, 6.45) is 2.37. The van der Waals surface area contributed by atoms with Crippen LogP contribution >= 0.6 is 0 Å². The molecule has 5 heteroatoms. The molecule has 2 aliphatic heterocycles. The maximum atomic E-state index is 5.86. The molecule has 0 amide bonds. The summed E-state index contributed by atoms with van der Waals surface area (Å²) in [5.74, 6) is 1.87. The van der Waals surface area contributed by atoms with E-state index >= 15 is 0 Å². The standard InChI is InChI=1S/C23H29N3O2/c1-24-22(26-12-10-23(17-26)11-13-27-18-23)25-15-19-6-5-7-20(14-19)16-28-21-8-3-2-4-9-21/h2-9,14H,10-13,15-18H2,1H3,(H,24,25). The number of guanidine groups is 1. The quantitative estimate of drug-likeness (QED) is 0.638. The lowest BCUT2D eigenvalue weighted by molar-refractivity contribution is 0.156. The van der Waals surface area contributed by atoms with Gasteiger partial charge in [-0.25, -0.2) is 0 Å². The predicted molar refractivity (Wildman–Crippen MR) is 111 cm³/mol. The summed E-state index contributed by atoms with van der Waals surface area (Å²) in [7, 11) is 1.86. The number of hydrogen-bond donors (Lipinski definition) is 1. The minimum atomic E-state index is 0.340. The van der Waals surface area contributed by atoms with Gasteiger partial charge in [-0.2, -0.15) is 0 Å². The molecule has 0 aliphatic carbocycles. The Kier molecular flexibility index (Phi) is 5.81. The van der Waals surface area contributed by atoms with Gasteiger partial charge in [0.1, 0.15) is 12.4 Å². The van der Waals surface area contributed by atoms with E-state index in [0.717, 1.165) is 44.6 Å². The zero-order chi connectivity index (χ0) is 19.2. The first kappa shape index (κ1) is 18.8. The third-order valence-electron chi connectivity index (χ3n) is 5.73. The summed E-state index contributed by atoms with van der Waals surface area (Å²) in [6, 6.07) is 18.5. The number of para-hydroxylation sites is 1. The van der Waals surface area contributed by atoms with Crippen LogP contribution in [0.2, 0.25) is 0 Å². The molecule has 2 aromatic rings. The summed E-state index contributed by atoms with van der Waals surface area (Å²) in [5.41, 5.74) is 2.74. The molecule has 2 aliphatic rings. The Morgan fingerprint density at radius 3 is 2.79 bits per heavy atom. The van der Waals surface area contributed by atoms with E-state index in [1.807, 2.05) is 37.4 Å². The Morgan fingerprint density at radius 2 is 2.00 bits per heavy atom. The molecule has 0 saturated carbocycles. The van der Waals surface area contributed by atoms with E-state index in [4.69, 9.17) is 9.47 Å². The van der Waals surface area contributed by atoms with Crippen LogP contribution in [0.5, 0.6) is 5.75 Å². The highest BCUT2D eigenvalue weighted by Crippen LogP contribution is 2.38. The number of nitrogens with zero attached hydrogens (tertiary/aromatic N) is 2. The maximum absolute atomic E-state index is 5.86. The summed E-state index contributed by atoms with van der Waals surface area (Å²) in [6.45, 7) is 5.21. The molecular formula is C23H29N3O2. The van der Waals surface area contributed by atoms with Crippen molar-refractivity contribution in [1.82, 2.24) is 10.2 Å². The topological polar surface area (TPSA) is 46.1 Å². The van der Waals surface area contributed by atoms with Crippen molar-refractivity contribution in [2.45, 2.75) is 26.0 Å². The second-order valence-corrected chi connectivity index (χ2v) is 7.80. The number of likely N-dealkylation sites (tertiary alicyclic amines) is 1. The van der Waals surface area contributed by atoms with E-state index in [2.05, 4.69) is 39.5 Å². The lowest BCUT2D eigenvalue weighted by atomic mass is 9.87. The second kappa shape index (κ2) is 8.65.